The summed E-state index contributed by atoms with van der Waals surface area (Å²) < 4.78 is 29.4. The maximum absolute atomic E-state index is 12.6. The molecule has 1 heterocycles. The molecule has 1 saturated heterocycles. The van der Waals surface area contributed by atoms with Gasteiger partial charge in [-0.05, 0) is 50.3 Å². The average molecular weight is 361 g/mol. The first kappa shape index (κ1) is 18.9. The number of alkyl halides is 2. The predicted molar refractivity (Wildman–Crippen MR) is 90.0 cm³/mol. The van der Waals surface area contributed by atoms with Crippen LogP contribution in [0.4, 0.5) is 8.78 Å². The number of rotatable bonds is 6. The quantitative estimate of drug-likeness (QED) is 0.846. The van der Waals surface area contributed by atoms with Crippen molar-refractivity contribution in [2.75, 3.05) is 19.6 Å². The molecule has 1 aromatic carbocycles. The third-order valence-corrected chi connectivity index (χ3v) is 4.51. The van der Waals surface area contributed by atoms with Gasteiger partial charge in [0.2, 0.25) is 0 Å². The van der Waals surface area contributed by atoms with Gasteiger partial charge in [0.1, 0.15) is 5.75 Å². The fourth-order valence-electron chi connectivity index (χ4n) is 2.95. The normalized spacial score (nSPS) is 18.4. The van der Waals surface area contributed by atoms with Gasteiger partial charge in [0.15, 0.2) is 0 Å². The molecule has 2 aliphatic rings. The van der Waals surface area contributed by atoms with Crippen LogP contribution in [0.1, 0.15) is 36.0 Å². The highest BCUT2D eigenvalue weighted by molar-refractivity contribution is 5.97. The van der Waals surface area contributed by atoms with Gasteiger partial charge in [-0.2, -0.15) is 8.78 Å². The number of para-hydroxylation sites is 1. The minimum absolute atomic E-state index is 0. The lowest BCUT2D eigenvalue weighted by Gasteiger charge is -2.33. The molecule has 0 bridgehead atoms. The van der Waals surface area contributed by atoms with Gasteiger partial charge in [0, 0.05) is 19.1 Å². The zero-order valence-corrected chi connectivity index (χ0v) is 14.2. The number of amides is 1. The largest absolute Gasteiger partial charge is 0.434 e. The number of benzene rings is 1. The summed E-state index contributed by atoms with van der Waals surface area (Å²) in [5, 5.41) is 3.56. The Kier molecular flexibility index (Phi) is 6.80. The van der Waals surface area contributed by atoms with Crippen molar-refractivity contribution in [3.05, 3.63) is 29.8 Å². The molecule has 1 saturated carbocycles. The van der Waals surface area contributed by atoms with Crippen molar-refractivity contribution in [2.24, 2.45) is 5.92 Å². The molecule has 3 rings (SSSR count). The number of hydrogen-bond acceptors (Lipinski definition) is 3. The van der Waals surface area contributed by atoms with Crippen LogP contribution >= 0.6 is 12.4 Å². The van der Waals surface area contributed by atoms with E-state index in [-0.39, 0.29) is 29.6 Å². The van der Waals surface area contributed by atoms with Crippen molar-refractivity contribution in [3.63, 3.8) is 0 Å². The van der Waals surface area contributed by atoms with Gasteiger partial charge in [-0.15, -0.1) is 12.4 Å². The Morgan fingerprint density at radius 3 is 2.50 bits per heavy atom. The second-order valence-corrected chi connectivity index (χ2v) is 6.29. The fraction of sp³-hybridized carbons (Fsp3) is 0.588. The average Bonchev–Trinajstić information content (AvgIpc) is 3.37. The van der Waals surface area contributed by atoms with Gasteiger partial charge >= 0.3 is 6.61 Å². The molecule has 4 nitrogen and oxygen atoms in total. The highest BCUT2D eigenvalue weighted by Crippen LogP contribution is 2.28. The Morgan fingerprint density at radius 1 is 1.21 bits per heavy atom. The van der Waals surface area contributed by atoms with Crippen molar-refractivity contribution in [1.82, 2.24) is 10.2 Å². The molecule has 134 valence electrons. The van der Waals surface area contributed by atoms with Crippen molar-refractivity contribution in [3.8, 4) is 5.75 Å². The lowest BCUT2D eigenvalue weighted by Crippen LogP contribution is -2.45. The van der Waals surface area contributed by atoms with Crippen molar-refractivity contribution in [1.29, 1.82) is 0 Å². The van der Waals surface area contributed by atoms with Gasteiger partial charge in [-0.1, -0.05) is 12.1 Å². The third kappa shape index (κ3) is 5.05. The molecule has 0 spiro atoms. The summed E-state index contributed by atoms with van der Waals surface area (Å²) >= 11 is 0. The first-order chi connectivity index (χ1) is 11.1. The Labute approximate surface area is 147 Å². The third-order valence-electron chi connectivity index (χ3n) is 4.51. The van der Waals surface area contributed by atoms with Gasteiger partial charge in [0.05, 0.1) is 5.56 Å². The summed E-state index contributed by atoms with van der Waals surface area (Å²) in [5.74, 6) is 0.552. The molecular weight excluding hydrogens is 338 g/mol. The van der Waals surface area contributed by atoms with Gasteiger partial charge in [-0.25, -0.2) is 0 Å². The summed E-state index contributed by atoms with van der Waals surface area (Å²) in [4.78, 5) is 14.3. The highest BCUT2D eigenvalue weighted by Gasteiger charge is 2.27. The lowest BCUT2D eigenvalue weighted by atomic mass is 10.0. The Balaban J connectivity index is 0.00000208. The molecule has 7 heteroatoms. The van der Waals surface area contributed by atoms with Crippen molar-refractivity contribution >= 4 is 18.3 Å². The second-order valence-electron chi connectivity index (χ2n) is 6.29. The van der Waals surface area contributed by atoms with Crippen LogP contribution in [0.25, 0.3) is 0 Å². The number of halogens is 3. The monoisotopic (exact) mass is 360 g/mol. The molecule has 2 fully saturated rings. The molecular formula is C17H23ClF2N2O2. The minimum atomic E-state index is -2.93. The van der Waals surface area contributed by atoms with E-state index in [1.54, 1.807) is 17.0 Å². The van der Waals surface area contributed by atoms with Crippen LogP contribution in [0.3, 0.4) is 0 Å². The van der Waals surface area contributed by atoms with Crippen LogP contribution in [0.15, 0.2) is 24.3 Å². The molecule has 0 atom stereocenters. The minimum Gasteiger partial charge on any atom is -0.434 e. The van der Waals surface area contributed by atoms with E-state index in [0.717, 1.165) is 25.3 Å². The maximum atomic E-state index is 12.6. The lowest BCUT2D eigenvalue weighted by molar-refractivity contribution is -0.0503. The second kappa shape index (κ2) is 8.62. The molecule has 0 aromatic heterocycles. The van der Waals surface area contributed by atoms with E-state index in [9.17, 15) is 13.6 Å². The number of nitrogens with zero attached hydrogens (tertiary/aromatic N) is 1. The van der Waals surface area contributed by atoms with Crippen LogP contribution in [-0.4, -0.2) is 43.1 Å². The summed E-state index contributed by atoms with van der Waals surface area (Å²) in [6, 6.07) is 6.64. The zero-order valence-electron chi connectivity index (χ0n) is 13.4. The van der Waals surface area contributed by atoms with E-state index >= 15 is 0 Å². The van der Waals surface area contributed by atoms with Gasteiger partial charge in [-0.3, -0.25) is 4.79 Å². The highest BCUT2D eigenvalue weighted by atomic mass is 35.5. The molecule has 1 aliphatic carbocycles. The van der Waals surface area contributed by atoms with E-state index in [4.69, 9.17) is 0 Å². The molecule has 1 aromatic rings. The number of carbonyl (C=O) groups is 1. The summed E-state index contributed by atoms with van der Waals surface area (Å²) in [6.07, 6.45) is 4.45. The van der Waals surface area contributed by atoms with Crippen LogP contribution in [0.5, 0.6) is 5.75 Å². The number of carbonyl (C=O) groups excluding carboxylic acids is 1. The Bertz CT molecular complexity index is 547. The molecule has 24 heavy (non-hydrogen) atoms. The number of hydrogen-bond donors (Lipinski definition) is 1. The van der Waals surface area contributed by atoms with Crippen LogP contribution in [0, 0.1) is 5.92 Å². The summed E-state index contributed by atoms with van der Waals surface area (Å²) in [5.41, 5.74) is 0.206. The van der Waals surface area contributed by atoms with E-state index in [1.165, 1.54) is 25.0 Å². The number of nitrogens with one attached hydrogen (secondary N) is 1. The van der Waals surface area contributed by atoms with Crippen LogP contribution in [-0.2, 0) is 0 Å². The summed E-state index contributed by atoms with van der Waals surface area (Å²) in [7, 11) is 0. The molecule has 0 unspecified atom stereocenters. The van der Waals surface area contributed by atoms with Crippen molar-refractivity contribution in [2.45, 2.75) is 38.3 Å². The smallest absolute Gasteiger partial charge is 0.387 e. The number of likely N-dealkylation sites (tertiary alicyclic amines) is 1. The van der Waals surface area contributed by atoms with E-state index in [2.05, 4.69) is 10.1 Å². The molecule has 1 N–H and O–H groups in total. The topological polar surface area (TPSA) is 41.6 Å². The van der Waals surface area contributed by atoms with E-state index < -0.39 is 6.61 Å². The van der Waals surface area contributed by atoms with Crippen molar-refractivity contribution < 1.29 is 18.3 Å². The zero-order chi connectivity index (χ0) is 16.2. The Morgan fingerprint density at radius 2 is 1.88 bits per heavy atom. The van der Waals surface area contributed by atoms with Gasteiger partial charge < -0.3 is 15.0 Å². The van der Waals surface area contributed by atoms with Crippen LogP contribution < -0.4 is 10.1 Å². The number of ether oxygens (including phenoxy) is 1. The molecule has 0 radical (unpaired) electrons. The summed E-state index contributed by atoms with van der Waals surface area (Å²) in [6.45, 7) is -0.570. The first-order valence-corrected chi connectivity index (χ1v) is 8.20. The maximum Gasteiger partial charge on any atom is 0.387 e. The first-order valence-electron chi connectivity index (χ1n) is 8.20. The molecule has 1 aliphatic heterocycles. The van der Waals surface area contributed by atoms with Crippen LogP contribution in [0.2, 0.25) is 0 Å². The van der Waals surface area contributed by atoms with Gasteiger partial charge in [0.25, 0.3) is 5.91 Å². The standard InChI is InChI=1S/C17H22F2N2O2.ClH/c18-17(19)23-15-4-2-1-3-14(15)16(22)21-9-7-13(8-10-21)20-11-12-5-6-12;/h1-4,12-13,17,20H,5-11H2;1H. The molecule has 1 amide bonds. The fourth-order valence-corrected chi connectivity index (χ4v) is 2.95. The van der Waals surface area contributed by atoms with E-state index in [1.807, 2.05) is 0 Å². The predicted octanol–water partition coefficient (Wildman–Crippen LogP) is 3.31. The SMILES string of the molecule is Cl.O=C(c1ccccc1OC(F)F)N1CCC(NCC2CC2)CC1. The Hall–Kier alpha value is -1.40. The number of piperidine rings is 1. The van der Waals surface area contributed by atoms with E-state index in [0.29, 0.717) is 19.1 Å².